The van der Waals surface area contributed by atoms with E-state index in [9.17, 15) is 9.59 Å². The molecule has 2 amide bonds. The first kappa shape index (κ1) is 19.9. The fraction of sp³-hybridized carbons (Fsp3) is 0. The number of carbonyl (C=O) groups is 2. The molecule has 0 saturated heterocycles. The van der Waals surface area contributed by atoms with Gasteiger partial charge in [-0.05, 0) is 54.6 Å². The Morgan fingerprint density at radius 2 is 1.47 bits per heavy atom. The quantitative estimate of drug-likeness (QED) is 0.409. The molecular weight excluding hydrogens is 421 g/mol. The smallest absolute Gasteiger partial charge is 0.256 e. The van der Waals surface area contributed by atoms with Crippen LogP contribution in [0.25, 0.3) is 10.9 Å². The second-order valence-electron chi connectivity index (χ2n) is 6.51. The molecule has 2 N–H and O–H groups in total. The minimum absolute atomic E-state index is 0.292. The van der Waals surface area contributed by atoms with Crippen LogP contribution >= 0.6 is 23.2 Å². The maximum Gasteiger partial charge on any atom is 0.256 e. The summed E-state index contributed by atoms with van der Waals surface area (Å²) in [5.74, 6) is -0.241. The number of rotatable bonds is 4. The second kappa shape index (κ2) is 8.53. The monoisotopic (exact) mass is 435 g/mol. The van der Waals surface area contributed by atoms with Crippen LogP contribution < -0.4 is 10.6 Å². The summed E-state index contributed by atoms with van der Waals surface area (Å²) in [5, 5.41) is 7.18. The number of benzene rings is 3. The number of nitrogens with zero attached hydrogens (tertiary/aromatic N) is 1. The Kier molecular flexibility index (Phi) is 5.65. The lowest BCUT2D eigenvalue weighted by Crippen LogP contribution is -2.15. The van der Waals surface area contributed by atoms with Crippen LogP contribution in [0.4, 0.5) is 11.5 Å². The first-order valence-corrected chi connectivity index (χ1v) is 9.79. The van der Waals surface area contributed by atoms with E-state index >= 15 is 0 Å². The van der Waals surface area contributed by atoms with E-state index in [0.29, 0.717) is 32.7 Å². The SMILES string of the molecule is O=C(Nc1cccc(C(=O)Nc2ccc3ccccc3n2)c1)c1ccc(Cl)c(Cl)c1. The summed E-state index contributed by atoms with van der Waals surface area (Å²) in [7, 11) is 0. The number of pyridine rings is 1. The number of halogens is 2. The van der Waals surface area contributed by atoms with Crippen molar-refractivity contribution < 1.29 is 9.59 Å². The van der Waals surface area contributed by atoms with Crippen LogP contribution in [0.3, 0.4) is 0 Å². The van der Waals surface area contributed by atoms with Gasteiger partial charge in [0, 0.05) is 22.2 Å². The van der Waals surface area contributed by atoms with Crippen LogP contribution in [0.15, 0.2) is 78.9 Å². The van der Waals surface area contributed by atoms with Crippen molar-refractivity contribution in [1.29, 1.82) is 0 Å². The second-order valence-corrected chi connectivity index (χ2v) is 7.32. The predicted molar refractivity (Wildman–Crippen MR) is 121 cm³/mol. The van der Waals surface area contributed by atoms with Gasteiger partial charge in [0.05, 0.1) is 15.6 Å². The number of hydrogen-bond acceptors (Lipinski definition) is 3. The number of para-hydroxylation sites is 1. The van der Waals surface area contributed by atoms with E-state index in [-0.39, 0.29) is 11.8 Å². The van der Waals surface area contributed by atoms with Gasteiger partial charge >= 0.3 is 0 Å². The van der Waals surface area contributed by atoms with E-state index in [4.69, 9.17) is 23.2 Å². The van der Waals surface area contributed by atoms with Gasteiger partial charge in [0.25, 0.3) is 11.8 Å². The summed E-state index contributed by atoms with van der Waals surface area (Å²) in [6.45, 7) is 0. The van der Waals surface area contributed by atoms with Crippen LogP contribution in [0.2, 0.25) is 10.0 Å². The van der Waals surface area contributed by atoms with Gasteiger partial charge in [0.15, 0.2) is 0 Å². The molecule has 0 atom stereocenters. The topological polar surface area (TPSA) is 71.1 Å². The normalized spacial score (nSPS) is 10.6. The largest absolute Gasteiger partial charge is 0.322 e. The molecule has 0 radical (unpaired) electrons. The van der Waals surface area contributed by atoms with E-state index in [1.165, 1.54) is 6.07 Å². The molecule has 3 aromatic carbocycles. The van der Waals surface area contributed by atoms with Gasteiger partial charge in [-0.2, -0.15) is 0 Å². The zero-order valence-corrected chi connectivity index (χ0v) is 17.0. The molecule has 0 aliphatic rings. The van der Waals surface area contributed by atoms with Crippen LogP contribution in [0, 0.1) is 0 Å². The van der Waals surface area contributed by atoms with Gasteiger partial charge in [0.2, 0.25) is 0 Å². The van der Waals surface area contributed by atoms with Crippen LogP contribution in [0.5, 0.6) is 0 Å². The van der Waals surface area contributed by atoms with Crippen molar-refractivity contribution in [2.24, 2.45) is 0 Å². The summed E-state index contributed by atoms with van der Waals surface area (Å²) < 4.78 is 0. The van der Waals surface area contributed by atoms with E-state index in [1.807, 2.05) is 30.3 Å². The minimum Gasteiger partial charge on any atom is -0.322 e. The van der Waals surface area contributed by atoms with Gasteiger partial charge in [0.1, 0.15) is 5.82 Å². The molecule has 0 aliphatic carbocycles. The van der Waals surface area contributed by atoms with Gasteiger partial charge < -0.3 is 10.6 Å². The van der Waals surface area contributed by atoms with Gasteiger partial charge in [-0.15, -0.1) is 0 Å². The summed E-state index contributed by atoms with van der Waals surface area (Å²) in [6, 6.07) is 22.5. The first-order chi connectivity index (χ1) is 14.5. The molecule has 4 aromatic rings. The van der Waals surface area contributed by atoms with Crippen molar-refractivity contribution in [2.75, 3.05) is 10.6 Å². The maximum atomic E-state index is 12.6. The molecule has 0 bridgehead atoms. The zero-order chi connectivity index (χ0) is 21.1. The van der Waals surface area contributed by atoms with Gasteiger partial charge in [-0.3, -0.25) is 9.59 Å². The van der Waals surface area contributed by atoms with Crippen molar-refractivity contribution >= 4 is 57.4 Å². The fourth-order valence-electron chi connectivity index (χ4n) is 2.90. The molecule has 5 nitrogen and oxygen atoms in total. The third-order valence-corrected chi connectivity index (χ3v) is 5.14. The van der Waals surface area contributed by atoms with E-state index in [0.717, 1.165) is 10.9 Å². The number of nitrogens with one attached hydrogen (secondary N) is 2. The van der Waals surface area contributed by atoms with Crippen molar-refractivity contribution in [3.8, 4) is 0 Å². The van der Waals surface area contributed by atoms with Crippen molar-refractivity contribution in [3.63, 3.8) is 0 Å². The van der Waals surface area contributed by atoms with E-state index in [2.05, 4.69) is 15.6 Å². The lowest BCUT2D eigenvalue weighted by molar-refractivity contribution is 0.101. The maximum absolute atomic E-state index is 12.6. The third kappa shape index (κ3) is 4.43. The number of hydrogen-bond donors (Lipinski definition) is 2. The van der Waals surface area contributed by atoms with Crippen molar-refractivity contribution in [3.05, 3.63) is 100 Å². The van der Waals surface area contributed by atoms with Crippen LogP contribution in [-0.4, -0.2) is 16.8 Å². The lowest BCUT2D eigenvalue weighted by Gasteiger charge is -2.09. The number of anilines is 2. The highest BCUT2D eigenvalue weighted by Crippen LogP contribution is 2.23. The van der Waals surface area contributed by atoms with Crippen molar-refractivity contribution in [1.82, 2.24) is 4.98 Å². The molecule has 0 unspecified atom stereocenters. The highest BCUT2D eigenvalue weighted by Gasteiger charge is 2.11. The number of carbonyl (C=O) groups excluding carboxylic acids is 2. The molecule has 0 saturated carbocycles. The van der Waals surface area contributed by atoms with E-state index in [1.54, 1.807) is 42.5 Å². The predicted octanol–water partition coefficient (Wildman–Crippen LogP) is 6.05. The highest BCUT2D eigenvalue weighted by molar-refractivity contribution is 6.42. The Hall–Kier alpha value is -3.41. The molecular formula is C23H15Cl2N3O2. The Morgan fingerprint density at radius 1 is 0.700 bits per heavy atom. The Labute approximate surface area is 182 Å². The minimum atomic E-state index is -0.359. The third-order valence-electron chi connectivity index (χ3n) is 4.40. The molecule has 0 spiro atoms. The average Bonchev–Trinajstić information content (AvgIpc) is 2.75. The lowest BCUT2D eigenvalue weighted by atomic mass is 10.1. The molecule has 0 fully saturated rings. The number of amides is 2. The molecule has 148 valence electrons. The summed E-state index contributed by atoms with van der Waals surface area (Å²) in [4.78, 5) is 29.5. The average molecular weight is 436 g/mol. The molecule has 30 heavy (non-hydrogen) atoms. The Morgan fingerprint density at radius 3 is 2.30 bits per heavy atom. The summed E-state index contributed by atoms with van der Waals surface area (Å²) >= 11 is 11.9. The van der Waals surface area contributed by atoms with Crippen LogP contribution in [0.1, 0.15) is 20.7 Å². The van der Waals surface area contributed by atoms with Crippen molar-refractivity contribution in [2.45, 2.75) is 0 Å². The molecule has 4 rings (SSSR count). The molecule has 1 aromatic heterocycles. The van der Waals surface area contributed by atoms with Gasteiger partial charge in [-0.25, -0.2) is 4.98 Å². The van der Waals surface area contributed by atoms with Gasteiger partial charge in [-0.1, -0.05) is 47.5 Å². The highest BCUT2D eigenvalue weighted by atomic mass is 35.5. The summed E-state index contributed by atoms with van der Waals surface area (Å²) in [5.41, 5.74) is 2.01. The molecule has 0 aliphatic heterocycles. The Bertz CT molecular complexity index is 1270. The fourth-order valence-corrected chi connectivity index (χ4v) is 3.20. The van der Waals surface area contributed by atoms with E-state index < -0.39 is 0 Å². The number of fused-ring (bicyclic) bond motifs is 1. The standard InChI is InChI=1S/C23H15Cl2N3O2/c24-18-10-8-16(13-19(18)25)22(29)26-17-6-3-5-15(12-17)23(30)28-21-11-9-14-4-1-2-7-20(14)27-21/h1-13H,(H,26,29)(H,27,28,30). The molecule has 1 heterocycles. The number of aromatic nitrogens is 1. The van der Waals surface area contributed by atoms with Crippen LogP contribution in [-0.2, 0) is 0 Å². The first-order valence-electron chi connectivity index (χ1n) is 9.03. The summed E-state index contributed by atoms with van der Waals surface area (Å²) in [6.07, 6.45) is 0. The zero-order valence-electron chi connectivity index (χ0n) is 15.5. The molecule has 7 heteroatoms. The Balaban J connectivity index is 1.49.